The molecule has 0 N–H and O–H groups in total. The van der Waals surface area contributed by atoms with Crippen molar-refractivity contribution in [2.24, 2.45) is 0 Å². The lowest BCUT2D eigenvalue weighted by molar-refractivity contribution is 0.0237. The highest BCUT2D eigenvalue weighted by molar-refractivity contribution is 5.94. The SMILES string of the molecule is CCC(C)N(C(=O)c1ccc(OC2CCOCC2)nc1)C(C)CC. The highest BCUT2D eigenvalue weighted by Crippen LogP contribution is 2.19. The van der Waals surface area contributed by atoms with Gasteiger partial charge in [-0.25, -0.2) is 4.98 Å². The average molecular weight is 334 g/mol. The zero-order valence-corrected chi connectivity index (χ0v) is 15.3. The Labute approximate surface area is 145 Å². The third-order valence-corrected chi connectivity index (χ3v) is 4.80. The summed E-state index contributed by atoms with van der Waals surface area (Å²) >= 11 is 0. The molecule has 1 fully saturated rings. The van der Waals surface area contributed by atoms with Gasteiger partial charge >= 0.3 is 0 Å². The van der Waals surface area contributed by atoms with Crippen molar-refractivity contribution < 1.29 is 14.3 Å². The van der Waals surface area contributed by atoms with Crippen molar-refractivity contribution in [3.05, 3.63) is 23.9 Å². The van der Waals surface area contributed by atoms with Gasteiger partial charge in [0, 0.05) is 37.2 Å². The molecule has 0 aromatic carbocycles. The quantitative estimate of drug-likeness (QED) is 0.763. The van der Waals surface area contributed by atoms with E-state index in [0.29, 0.717) is 11.4 Å². The maximum absolute atomic E-state index is 12.9. The van der Waals surface area contributed by atoms with Crippen molar-refractivity contribution in [3.8, 4) is 5.88 Å². The zero-order chi connectivity index (χ0) is 17.5. The summed E-state index contributed by atoms with van der Waals surface area (Å²) in [6.45, 7) is 9.88. The second-order valence-corrected chi connectivity index (χ2v) is 6.54. The minimum Gasteiger partial charge on any atom is -0.474 e. The van der Waals surface area contributed by atoms with Gasteiger partial charge in [-0.05, 0) is 32.8 Å². The Morgan fingerprint density at radius 2 is 1.88 bits per heavy atom. The molecule has 2 rings (SSSR count). The van der Waals surface area contributed by atoms with Gasteiger partial charge in [-0.1, -0.05) is 13.8 Å². The van der Waals surface area contributed by atoms with Gasteiger partial charge < -0.3 is 14.4 Å². The lowest BCUT2D eigenvalue weighted by Gasteiger charge is -2.34. The van der Waals surface area contributed by atoms with E-state index in [1.807, 2.05) is 11.0 Å². The van der Waals surface area contributed by atoms with Gasteiger partial charge in [-0.3, -0.25) is 4.79 Å². The Balaban J connectivity index is 2.05. The highest BCUT2D eigenvalue weighted by Gasteiger charge is 2.25. The lowest BCUT2D eigenvalue weighted by Crippen LogP contribution is -2.44. The maximum atomic E-state index is 12.9. The van der Waals surface area contributed by atoms with Crippen LogP contribution in [0.3, 0.4) is 0 Å². The molecule has 1 saturated heterocycles. The standard InChI is InChI=1S/C19H30N2O3/c1-5-14(3)21(15(4)6-2)19(22)16-7-8-18(20-13-16)24-17-9-11-23-12-10-17/h7-8,13-15,17H,5-6,9-12H2,1-4H3. The molecule has 1 amide bonds. The van der Waals surface area contributed by atoms with Crippen LogP contribution in [0.15, 0.2) is 18.3 Å². The van der Waals surface area contributed by atoms with Gasteiger partial charge in [0.2, 0.25) is 5.88 Å². The van der Waals surface area contributed by atoms with Crippen molar-refractivity contribution in [3.63, 3.8) is 0 Å². The van der Waals surface area contributed by atoms with Gasteiger partial charge in [0.25, 0.3) is 5.91 Å². The minimum absolute atomic E-state index is 0.0452. The van der Waals surface area contributed by atoms with Crippen LogP contribution in [0.5, 0.6) is 5.88 Å². The number of hydrogen-bond donors (Lipinski definition) is 0. The van der Waals surface area contributed by atoms with Crippen LogP contribution >= 0.6 is 0 Å². The van der Waals surface area contributed by atoms with Gasteiger partial charge in [0.05, 0.1) is 18.8 Å². The number of pyridine rings is 1. The summed E-state index contributed by atoms with van der Waals surface area (Å²) in [4.78, 5) is 19.2. The van der Waals surface area contributed by atoms with Crippen LogP contribution in [-0.2, 0) is 4.74 Å². The summed E-state index contributed by atoms with van der Waals surface area (Å²) in [7, 11) is 0. The first kappa shape index (κ1) is 18.7. The molecule has 24 heavy (non-hydrogen) atoms. The fourth-order valence-electron chi connectivity index (χ4n) is 2.92. The molecule has 5 nitrogen and oxygen atoms in total. The van der Waals surface area contributed by atoms with Crippen LogP contribution in [0.4, 0.5) is 0 Å². The van der Waals surface area contributed by atoms with Crippen molar-refractivity contribution in [1.82, 2.24) is 9.88 Å². The van der Waals surface area contributed by atoms with E-state index in [9.17, 15) is 4.79 Å². The largest absolute Gasteiger partial charge is 0.474 e. The summed E-state index contributed by atoms with van der Waals surface area (Å²) in [5.41, 5.74) is 0.620. The second kappa shape index (κ2) is 9.02. The van der Waals surface area contributed by atoms with Crippen molar-refractivity contribution >= 4 is 5.91 Å². The van der Waals surface area contributed by atoms with E-state index in [-0.39, 0.29) is 24.1 Å². The predicted molar refractivity (Wildman–Crippen MR) is 94.4 cm³/mol. The van der Waals surface area contributed by atoms with Gasteiger partial charge in [-0.15, -0.1) is 0 Å². The Kier molecular flexibility index (Phi) is 7.03. The molecule has 134 valence electrons. The van der Waals surface area contributed by atoms with E-state index < -0.39 is 0 Å². The number of carbonyl (C=O) groups is 1. The maximum Gasteiger partial charge on any atom is 0.255 e. The molecule has 1 aliphatic heterocycles. The molecule has 0 radical (unpaired) electrons. The lowest BCUT2D eigenvalue weighted by atomic mass is 10.1. The average Bonchev–Trinajstić information content (AvgIpc) is 2.62. The third kappa shape index (κ3) is 4.69. The first-order chi connectivity index (χ1) is 11.6. The first-order valence-electron chi connectivity index (χ1n) is 9.09. The summed E-state index contributed by atoms with van der Waals surface area (Å²) in [5, 5.41) is 0. The van der Waals surface area contributed by atoms with Gasteiger partial charge in [-0.2, -0.15) is 0 Å². The number of amides is 1. The molecular weight excluding hydrogens is 304 g/mol. The number of rotatable bonds is 7. The number of aromatic nitrogens is 1. The van der Waals surface area contributed by atoms with Crippen LogP contribution in [0.25, 0.3) is 0 Å². The molecule has 1 aromatic heterocycles. The number of nitrogens with zero attached hydrogens (tertiary/aromatic N) is 2. The molecular formula is C19H30N2O3. The molecule has 0 spiro atoms. The van der Waals surface area contributed by atoms with Crippen LogP contribution < -0.4 is 4.74 Å². The van der Waals surface area contributed by atoms with E-state index >= 15 is 0 Å². The van der Waals surface area contributed by atoms with Crippen LogP contribution in [-0.4, -0.2) is 47.2 Å². The minimum atomic E-state index is 0.0452. The summed E-state index contributed by atoms with van der Waals surface area (Å²) in [6, 6.07) is 4.05. The molecule has 2 heterocycles. The molecule has 2 atom stereocenters. The van der Waals surface area contributed by atoms with E-state index in [4.69, 9.17) is 9.47 Å². The van der Waals surface area contributed by atoms with Gasteiger partial charge in [0.1, 0.15) is 6.10 Å². The Morgan fingerprint density at radius 1 is 1.25 bits per heavy atom. The summed E-state index contributed by atoms with van der Waals surface area (Å²) in [6.07, 6.45) is 5.44. The number of hydrogen-bond acceptors (Lipinski definition) is 4. The smallest absolute Gasteiger partial charge is 0.255 e. The molecule has 0 bridgehead atoms. The Morgan fingerprint density at radius 3 is 2.38 bits per heavy atom. The second-order valence-electron chi connectivity index (χ2n) is 6.54. The van der Waals surface area contributed by atoms with E-state index in [1.165, 1.54) is 0 Å². The van der Waals surface area contributed by atoms with E-state index in [1.54, 1.807) is 12.3 Å². The van der Waals surface area contributed by atoms with Crippen LogP contribution in [0.2, 0.25) is 0 Å². The first-order valence-corrected chi connectivity index (χ1v) is 9.09. The van der Waals surface area contributed by atoms with Crippen molar-refractivity contribution in [2.75, 3.05) is 13.2 Å². The van der Waals surface area contributed by atoms with Crippen molar-refractivity contribution in [2.45, 2.75) is 71.6 Å². The Hall–Kier alpha value is -1.62. The monoisotopic (exact) mass is 334 g/mol. The molecule has 5 heteroatoms. The normalized spacial score (nSPS) is 18.0. The predicted octanol–water partition coefficient (Wildman–Crippen LogP) is 3.68. The van der Waals surface area contributed by atoms with Gasteiger partial charge in [0.15, 0.2) is 0 Å². The fourth-order valence-corrected chi connectivity index (χ4v) is 2.92. The molecule has 2 unspecified atom stereocenters. The molecule has 0 aliphatic carbocycles. The molecule has 1 aliphatic rings. The van der Waals surface area contributed by atoms with Crippen LogP contribution in [0, 0.1) is 0 Å². The number of carbonyl (C=O) groups excluding carboxylic acids is 1. The van der Waals surface area contributed by atoms with E-state index in [0.717, 1.165) is 38.9 Å². The molecule has 0 saturated carbocycles. The van der Waals surface area contributed by atoms with E-state index in [2.05, 4.69) is 32.7 Å². The summed E-state index contributed by atoms with van der Waals surface area (Å²) < 4.78 is 11.2. The Bertz CT molecular complexity index is 502. The topological polar surface area (TPSA) is 51.7 Å². The third-order valence-electron chi connectivity index (χ3n) is 4.80. The highest BCUT2D eigenvalue weighted by atomic mass is 16.5. The number of ether oxygens (including phenoxy) is 2. The van der Waals surface area contributed by atoms with Crippen LogP contribution in [0.1, 0.15) is 63.7 Å². The van der Waals surface area contributed by atoms with Crippen molar-refractivity contribution in [1.29, 1.82) is 0 Å². The molecule has 1 aromatic rings. The fraction of sp³-hybridized carbons (Fsp3) is 0.684. The summed E-state index contributed by atoms with van der Waals surface area (Å²) in [5.74, 6) is 0.626. The zero-order valence-electron chi connectivity index (χ0n) is 15.3.